The average Bonchev–Trinajstić information content (AvgIpc) is 2.62. The summed E-state index contributed by atoms with van der Waals surface area (Å²) in [6, 6.07) is 9.06. The molecule has 1 saturated heterocycles. The second kappa shape index (κ2) is 7.39. The molecule has 23 heavy (non-hydrogen) atoms. The zero-order valence-corrected chi connectivity index (χ0v) is 13.3. The number of halogens is 1. The Kier molecular flexibility index (Phi) is 5.05. The molecule has 0 bridgehead atoms. The van der Waals surface area contributed by atoms with Gasteiger partial charge in [-0.3, -0.25) is 4.79 Å². The normalized spacial score (nSPS) is 14.6. The number of aromatic nitrogens is 2. The van der Waals surface area contributed by atoms with E-state index in [1.807, 2.05) is 12.1 Å². The van der Waals surface area contributed by atoms with Crippen LogP contribution in [0, 0.1) is 0 Å². The molecule has 7 heteroatoms. The molecule has 2 heterocycles. The second-order valence-corrected chi connectivity index (χ2v) is 5.61. The van der Waals surface area contributed by atoms with Crippen LogP contribution in [0.4, 0.5) is 5.82 Å². The average molecular weight is 333 g/mol. The van der Waals surface area contributed by atoms with Crippen LogP contribution in [0.3, 0.4) is 0 Å². The molecule has 1 aromatic carbocycles. The number of nitrogens with zero attached hydrogens (tertiary/aromatic N) is 3. The van der Waals surface area contributed by atoms with Gasteiger partial charge < -0.3 is 15.0 Å². The lowest BCUT2D eigenvalue weighted by molar-refractivity contribution is 0.0945. The van der Waals surface area contributed by atoms with E-state index in [1.54, 1.807) is 18.2 Å². The molecule has 1 aliphatic rings. The summed E-state index contributed by atoms with van der Waals surface area (Å²) in [4.78, 5) is 22.6. The van der Waals surface area contributed by atoms with Gasteiger partial charge in [0.05, 0.1) is 13.2 Å². The molecule has 0 aliphatic carbocycles. The number of anilines is 1. The molecule has 1 amide bonds. The van der Waals surface area contributed by atoms with E-state index in [0.717, 1.165) is 24.5 Å². The summed E-state index contributed by atoms with van der Waals surface area (Å²) in [7, 11) is 0. The van der Waals surface area contributed by atoms with Crippen molar-refractivity contribution in [3.05, 3.63) is 52.9 Å². The fourth-order valence-corrected chi connectivity index (χ4v) is 2.44. The van der Waals surface area contributed by atoms with Crippen molar-refractivity contribution in [2.24, 2.45) is 0 Å². The number of nitrogens with one attached hydrogen (secondary N) is 1. The lowest BCUT2D eigenvalue weighted by Gasteiger charge is -2.27. The molecule has 3 rings (SSSR count). The summed E-state index contributed by atoms with van der Waals surface area (Å²) < 4.78 is 5.32. The number of ether oxygens (including phenoxy) is 1. The third-order valence-electron chi connectivity index (χ3n) is 3.59. The van der Waals surface area contributed by atoms with Gasteiger partial charge in [-0.2, -0.15) is 0 Å². The van der Waals surface area contributed by atoms with Crippen molar-refractivity contribution in [2.75, 3.05) is 31.2 Å². The number of benzene rings is 1. The first-order valence-electron chi connectivity index (χ1n) is 7.40. The molecule has 6 nitrogen and oxygen atoms in total. The number of carbonyl (C=O) groups is 1. The molecule has 0 spiro atoms. The Balaban J connectivity index is 1.63. The summed E-state index contributed by atoms with van der Waals surface area (Å²) in [6.07, 6.45) is 1.42. The highest BCUT2D eigenvalue weighted by atomic mass is 35.5. The van der Waals surface area contributed by atoms with Gasteiger partial charge in [-0.25, -0.2) is 9.97 Å². The highest BCUT2D eigenvalue weighted by Gasteiger charge is 2.15. The third kappa shape index (κ3) is 4.18. The first-order valence-corrected chi connectivity index (χ1v) is 7.77. The van der Waals surface area contributed by atoms with Gasteiger partial charge in [-0.1, -0.05) is 23.7 Å². The Bertz CT molecular complexity index is 672. The Morgan fingerprint density at radius 3 is 2.70 bits per heavy atom. The predicted molar refractivity (Wildman–Crippen MR) is 87.7 cm³/mol. The minimum atomic E-state index is -0.225. The van der Waals surface area contributed by atoms with Gasteiger partial charge in [0.15, 0.2) is 0 Å². The first-order chi connectivity index (χ1) is 11.2. The number of amides is 1. The molecule has 1 N–H and O–H groups in total. The van der Waals surface area contributed by atoms with Crippen LogP contribution in [-0.2, 0) is 11.3 Å². The molecule has 0 radical (unpaired) electrons. The minimum Gasteiger partial charge on any atom is -0.378 e. The van der Waals surface area contributed by atoms with Crippen LogP contribution >= 0.6 is 11.6 Å². The zero-order chi connectivity index (χ0) is 16.1. The standard InChI is InChI=1S/C16H17ClN4O2/c17-13-3-1-12(2-4-13)10-18-16(22)14-9-15(20-11-19-14)21-5-7-23-8-6-21/h1-4,9,11H,5-8,10H2,(H,18,22). The monoisotopic (exact) mass is 332 g/mol. The number of hydrogen-bond acceptors (Lipinski definition) is 5. The predicted octanol–water partition coefficient (Wildman–Crippen LogP) is 1.90. The van der Waals surface area contributed by atoms with Gasteiger partial charge in [-0.05, 0) is 17.7 Å². The second-order valence-electron chi connectivity index (χ2n) is 5.17. The van der Waals surface area contributed by atoms with Crippen molar-refractivity contribution in [2.45, 2.75) is 6.54 Å². The summed E-state index contributed by atoms with van der Waals surface area (Å²) in [5, 5.41) is 3.52. The maximum atomic E-state index is 12.2. The molecule has 0 atom stereocenters. The van der Waals surface area contributed by atoms with Crippen LogP contribution in [0.15, 0.2) is 36.7 Å². The highest BCUT2D eigenvalue weighted by Crippen LogP contribution is 2.13. The molecule has 1 aromatic heterocycles. The van der Waals surface area contributed by atoms with Crippen LogP contribution < -0.4 is 10.2 Å². The topological polar surface area (TPSA) is 67.4 Å². The van der Waals surface area contributed by atoms with Crippen LogP contribution in [0.5, 0.6) is 0 Å². The number of morpholine rings is 1. The zero-order valence-electron chi connectivity index (χ0n) is 12.5. The molecule has 120 valence electrons. The van der Waals surface area contributed by atoms with E-state index in [1.165, 1.54) is 6.33 Å². The maximum Gasteiger partial charge on any atom is 0.270 e. The summed E-state index contributed by atoms with van der Waals surface area (Å²) in [5.74, 6) is 0.525. The summed E-state index contributed by atoms with van der Waals surface area (Å²) >= 11 is 5.84. The van der Waals surface area contributed by atoms with Crippen molar-refractivity contribution >= 4 is 23.3 Å². The molecule has 1 aliphatic heterocycles. The van der Waals surface area contributed by atoms with E-state index >= 15 is 0 Å². The van der Waals surface area contributed by atoms with Crippen LogP contribution in [0.1, 0.15) is 16.1 Å². The van der Waals surface area contributed by atoms with E-state index in [9.17, 15) is 4.79 Å². The van der Waals surface area contributed by atoms with Crippen LogP contribution in [0.25, 0.3) is 0 Å². The van der Waals surface area contributed by atoms with Crippen molar-refractivity contribution < 1.29 is 9.53 Å². The Hall–Kier alpha value is -2.18. The van der Waals surface area contributed by atoms with E-state index < -0.39 is 0 Å². The molecule has 1 fully saturated rings. The molecular formula is C16H17ClN4O2. The number of rotatable bonds is 4. The maximum absolute atomic E-state index is 12.2. The van der Waals surface area contributed by atoms with Gasteiger partial charge in [0.25, 0.3) is 5.91 Å². The van der Waals surface area contributed by atoms with Crippen molar-refractivity contribution in [1.82, 2.24) is 15.3 Å². The van der Waals surface area contributed by atoms with E-state index in [-0.39, 0.29) is 5.91 Å². The van der Waals surface area contributed by atoms with Crippen molar-refractivity contribution in [1.29, 1.82) is 0 Å². The fraction of sp³-hybridized carbons (Fsp3) is 0.312. The van der Waals surface area contributed by atoms with Gasteiger partial charge in [-0.15, -0.1) is 0 Å². The smallest absolute Gasteiger partial charge is 0.270 e. The lowest BCUT2D eigenvalue weighted by atomic mass is 10.2. The summed E-state index contributed by atoms with van der Waals surface area (Å²) in [5.41, 5.74) is 1.33. The van der Waals surface area contributed by atoms with Crippen LogP contribution in [0.2, 0.25) is 5.02 Å². The Labute approximate surface area is 139 Å². The van der Waals surface area contributed by atoms with Crippen molar-refractivity contribution in [3.63, 3.8) is 0 Å². The van der Waals surface area contributed by atoms with Crippen molar-refractivity contribution in [3.8, 4) is 0 Å². The SMILES string of the molecule is O=C(NCc1ccc(Cl)cc1)c1cc(N2CCOCC2)ncn1. The third-order valence-corrected chi connectivity index (χ3v) is 3.84. The largest absolute Gasteiger partial charge is 0.378 e. The first kappa shape index (κ1) is 15.7. The Morgan fingerprint density at radius 2 is 1.96 bits per heavy atom. The molecular weight excluding hydrogens is 316 g/mol. The molecule has 2 aromatic rings. The number of hydrogen-bond donors (Lipinski definition) is 1. The van der Waals surface area contributed by atoms with Gasteiger partial charge in [0.1, 0.15) is 17.8 Å². The Morgan fingerprint density at radius 1 is 1.22 bits per heavy atom. The van der Waals surface area contributed by atoms with E-state index in [0.29, 0.717) is 30.5 Å². The quantitative estimate of drug-likeness (QED) is 0.926. The molecule has 0 unspecified atom stereocenters. The minimum absolute atomic E-state index is 0.225. The fourth-order valence-electron chi connectivity index (χ4n) is 2.31. The number of carbonyl (C=O) groups excluding carboxylic acids is 1. The lowest BCUT2D eigenvalue weighted by Crippen LogP contribution is -2.37. The van der Waals surface area contributed by atoms with Gasteiger partial charge in [0.2, 0.25) is 0 Å². The summed E-state index contributed by atoms with van der Waals surface area (Å²) in [6.45, 7) is 3.29. The van der Waals surface area contributed by atoms with E-state index in [2.05, 4.69) is 20.2 Å². The molecule has 0 saturated carbocycles. The van der Waals surface area contributed by atoms with Gasteiger partial charge >= 0.3 is 0 Å². The van der Waals surface area contributed by atoms with E-state index in [4.69, 9.17) is 16.3 Å². The van der Waals surface area contributed by atoms with Gasteiger partial charge in [0, 0.05) is 30.7 Å². The highest BCUT2D eigenvalue weighted by molar-refractivity contribution is 6.30. The van der Waals surface area contributed by atoms with Crippen LogP contribution in [-0.4, -0.2) is 42.2 Å².